The van der Waals surface area contributed by atoms with Crippen molar-refractivity contribution in [1.82, 2.24) is 25.2 Å². The molecule has 2 aromatic heterocycles. The van der Waals surface area contributed by atoms with Crippen molar-refractivity contribution in [3.8, 4) is 0 Å². The van der Waals surface area contributed by atoms with Gasteiger partial charge in [-0.2, -0.15) is 9.78 Å². The number of nitrogens with zero attached hydrogens (tertiary/aromatic N) is 6. The van der Waals surface area contributed by atoms with Crippen LogP contribution in [0.1, 0.15) is 5.56 Å². The molecule has 0 saturated carbocycles. The molecule has 0 fully saturated rings. The fourth-order valence-electron chi connectivity index (χ4n) is 1.26. The van der Waals surface area contributed by atoms with Gasteiger partial charge in [0.2, 0.25) is 6.33 Å². The number of carbonyl (C=O) groups excluding carboxylic acids is 1. The Labute approximate surface area is 112 Å². The molecule has 0 spiro atoms. The van der Waals surface area contributed by atoms with Gasteiger partial charge in [0.25, 0.3) is 5.91 Å². The van der Waals surface area contributed by atoms with Gasteiger partial charge in [-0.1, -0.05) is 11.1 Å². The lowest BCUT2D eigenvalue weighted by Crippen LogP contribution is -2.23. The molecule has 10 nitrogen and oxygen atoms in total. The summed E-state index contributed by atoms with van der Waals surface area (Å²) in [6.07, 6.45) is 5.72. The third-order valence-electron chi connectivity index (χ3n) is 2.08. The third kappa shape index (κ3) is 3.66. The molecular formula is C10H9N7O3. The van der Waals surface area contributed by atoms with Crippen LogP contribution in [0.4, 0.5) is 5.95 Å². The summed E-state index contributed by atoms with van der Waals surface area (Å²) in [6.45, 7) is -0.217. The average Bonchev–Trinajstić information content (AvgIpc) is 2.88. The van der Waals surface area contributed by atoms with Crippen LogP contribution < -0.4 is 5.43 Å². The number of nitrogens with one attached hydrogen (secondary N) is 1. The molecular weight excluding hydrogens is 266 g/mol. The molecule has 0 saturated heterocycles. The van der Waals surface area contributed by atoms with Crippen LogP contribution in [0.15, 0.2) is 36.0 Å². The zero-order valence-electron chi connectivity index (χ0n) is 10.1. The molecule has 0 radical (unpaired) electrons. The second-order valence-corrected chi connectivity index (χ2v) is 3.58. The van der Waals surface area contributed by atoms with E-state index in [4.69, 9.17) is 0 Å². The smallest absolute Gasteiger partial charge is 0.390 e. The number of nitro groups is 1. The number of pyridine rings is 1. The number of aromatic nitrogens is 4. The number of hydrazone groups is 1. The molecule has 0 bridgehead atoms. The minimum Gasteiger partial charge on any atom is -0.390 e. The van der Waals surface area contributed by atoms with Gasteiger partial charge in [-0.25, -0.2) is 5.43 Å². The molecule has 0 aliphatic carbocycles. The van der Waals surface area contributed by atoms with Gasteiger partial charge in [-0.15, -0.1) is 0 Å². The Morgan fingerprint density at radius 3 is 3.10 bits per heavy atom. The van der Waals surface area contributed by atoms with Crippen LogP contribution in [0.25, 0.3) is 0 Å². The summed E-state index contributed by atoms with van der Waals surface area (Å²) in [6, 6.07) is 3.50. The van der Waals surface area contributed by atoms with Crippen LogP contribution in [-0.2, 0) is 11.3 Å². The van der Waals surface area contributed by atoms with E-state index in [0.29, 0.717) is 0 Å². The number of rotatable bonds is 5. The largest absolute Gasteiger partial charge is 0.490 e. The highest BCUT2D eigenvalue weighted by Gasteiger charge is 2.14. The van der Waals surface area contributed by atoms with Crippen LogP contribution in [0.2, 0.25) is 0 Å². The van der Waals surface area contributed by atoms with Gasteiger partial charge in [-0.05, 0) is 11.0 Å². The van der Waals surface area contributed by atoms with E-state index in [-0.39, 0.29) is 6.54 Å². The highest BCUT2D eigenvalue weighted by molar-refractivity contribution is 5.81. The van der Waals surface area contributed by atoms with Gasteiger partial charge >= 0.3 is 5.95 Å². The number of carbonyl (C=O) groups is 1. The minimum atomic E-state index is -0.741. The number of amides is 1. The van der Waals surface area contributed by atoms with Gasteiger partial charge in [-0.3, -0.25) is 9.78 Å². The van der Waals surface area contributed by atoms with Crippen molar-refractivity contribution >= 4 is 18.1 Å². The first-order valence-electron chi connectivity index (χ1n) is 5.41. The standard InChI is InChI=1S/C10H9N7O3/c18-9(6-16-7-12-10(15-16)17(19)20)14-13-5-8-2-1-3-11-4-8/h1-5,7H,6H2,(H,14,18). The summed E-state index contributed by atoms with van der Waals surface area (Å²) >= 11 is 0. The van der Waals surface area contributed by atoms with Gasteiger partial charge in [0.1, 0.15) is 6.54 Å². The van der Waals surface area contributed by atoms with E-state index in [0.717, 1.165) is 16.6 Å². The van der Waals surface area contributed by atoms with E-state index >= 15 is 0 Å². The van der Waals surface area contributed by atoms with Crippen molar-refractivity contribution in [2.75, 3.05) is 0 Å². The number of hydrogen-bond donors (Lipinski definition) is 1. The summed E-state index contributed by atoms with van der Waals surface area (Å²) in [5, 5.41) is 17.6. The second kappa shape index (κ2) is 6.13. The molecule has 102 valence electrons. The quantitative estimate of drug-likeness (QED) is 0.454. The molecule has 2 rings (SSSR count). The van der Waals surface area contributed by atoms with Crippen LogP contribution in [0.5, 0.6) is 0 Å². The van der Waals surface area contributed by atoms with Crippen LogP contribution in [-0.4, -0.2) is 36.8 Å². The topological polar surface area (TPSA) is 128 Å². The Balaban J connectivity index is 1.86. The van der Waals surface area contributed by atoms with E-state index in [1.165, 1.54) is 6.21 Å². The van der Waals surface area contributed by atoms with Gasteiger partial charge in [0, 0.05) is 23.1 Å². The second-order valence-electron chi connectivity index (χ2n) is 3.58. The molecule has 0 aliphatic rings. The maximum absolute atomic E-state index is 11.5. The highest BCUT2D eigenvalue weighted by Crippen LogP contribution is 1.99. The lowest BCUT2D eigenvalue weighted by Gasteiger charge is -1.96. The van der Waals surface area contributed by atoms with Crippen molar-refractivity contribution < 1.29 is 9.72 Å². The predicted octanol–water partition coefficient (Wildman–Crippen LogP) is -0.268. The van der Waals surface area contributed by atoms with Crippen molar-refractivity contribution in [2.24, 2.45) is 5.10 Å². The molecule has 0 atom stereocenters. The molecule has 0 aromatic carbocycles. The maximum atomic E-state index is 11.5. The zero-order valence-corrected chi connectivity index (χ0v) is 10.1. The lowest BCUT2D eigenvalue weighted by atomic mass is 10.3. The molecule has 10 heteroatoms. The summed E-state index contributed by atoms with van der Waals surface area (Å²) in [4.78, 5) is 28.4. The monoisotopic (exact) mass is 275 g/mol. The normalized spacial score (nSPS) is 10.6. The number of hydrogen-bond acceptors (Lipinski definition) is 7. The first-order chi connectivity index (χ1) is 9.65. The highest BCUT2D eigenvalue weighted by atomic mass is 16.6. The van der Waals surface area contributed by atoms with Gasteiger partial charge in [0.15, 0.2) is 0 Å². The summed E-state index contributed by atoms with van der Waals surface area (Å²) in [5.41, 5.74) is 2.99. The molecule has 1 N–H and O–H groups in total. The van der Waals surface area contributed by atoms with Crippen LogP contribution in [0.3, 0.4) is 0 Å². The molecule has 0 aliphatic heterocycles. The van der Waals surface area contributed by atoms with Crippen molar-refractivity contribution in [3.05, 3.63) is 46.5 Å². The minimum absolute atomic E-state index is 0.217. The molecule has 1 amide bonds. The third-order valence-corrected chi connectivity index (χ3v) is 2.08. The van der Waals surface area contributed by atoms with Gasteiger partial charge in [0.05, 0.1) is 6.21 Å². The van der Waals surface area contributed by atoms with Crippen molar-refractivity contribution in [2.45, 2.75) is 6.54 Å². The molecule has 20 heavy (non-hydrogen) atoms. The molecule has 0 unspecified atom stereocenters. The average molecular weight is 275 g/mol. The van der Waals surface area contributed by atoms with Crippen molar-refractivity contribution in [3.63, 3.8) is 0 Å². The van der Waals surface area contributed by atoms with Crippen LogP contribution in [0, 0.1) is 10.1 Å². The fraction of sp³-hybridized carbons (Fsp3) is 0.100. The van der Waals surface area contributed by atoms with Crippen molar-refractivity contribution in [1.29, 1.82) is 0 Å². The Morgan fingerprint density at radius 2 is 2.45 bits per heavy atom. The summed E-state index contributed by atoms with van der Waals surface area (Å²) < 4.78 is 1.05. The lowest BCUT2D eigenvalue weighted by molar-refractivity contribution is -0.394. The fourth-order valence-corrected chi connectivity index (χ4v) is 1.26. The first kappa shape index (κ1) is 13.3. The van der Waals surface area contributed by atoms with E-state index in [2.05, 4.69) is 25.6 Å². The summed E-state index contributed by atoms with van der Waals surface area (Å²) in [5.74, 6) is -1.04. The predicted molar refractivity (Wildman–Crippen MR) is 66.7 cm³/mol. The van der Waals surface area contributed by atoms with Gasteiger partial charge < -0.3 is 10.1 Å². The van der Waals surface area contributed by atoms with E-state index in [1.807, 2.05) is 0 Å². The molecule has 2 aromatic rings. The Bertz CT molecular complexity index is 637. The summed E-state index contributed by atoms with van der Waals surface area (Å²) in [7, 11) is 0. The molecule has 2 heterocycles. The Morgan fingerprint density at radius 1 is 1.60 bits per heavy atom. The van der Waals surface area contributed by atoms with Crippen LogP contribution >= 0.6 is 0 Å². The Kier molecular flexibility index (Phi) is 4.07. The zero-order chi connectivity index (χ0) is 14.4. The van der Waals surface area contributed by atoms with E-state index in [9.17, 15) is 14.9 Å². The first-order valence-corrected chi connectivity index (χ1v) is 5.41. The van der Waals surface area contributed by atoms with E-state index < -0.39 is 16.8 Å². The Hall–Kier alpha value is -3.17. The maximum Gasteiger partial charge on any atom is 0.490 e. The SMILES string of the molecule is O=C(Cn1cnc([N+](=O)[O-])n1)NN=Cc1cccnc1. The van der Waals surface area contributed by atoms with E-state index in [1.54, 1.807) is 24.5 Å².